The van der Waals surface area contributed by atoms with Gasteiger partial charge in [0.2, 0.25) is 5.78 Å². The largest absolute Gasteiger partial charge is 0.503 e. The Morgan fingerprint density at radius 2 is 1.87 bits per heavy atom. The predicted molar refractivity (Wildman–Crippen MR) is 116 cm³/mol. The molecule has 2 aromatic carbocycles. The van der Waals surface area contributed by atoms with Gasteiger partial charge in [0, 0.05) is 18.5 Å². The van der Waals surface area contributed by atoms with Gasteiger partial charge < -0.3 is 24.1 Å². The molecule has 0 saturated heterocycles. The number of aliphatic hydroxyl groups is 1. The lowest BCUT2D eigenvalue weighted by atomic mass is 9.95. The lowest BCUT2D eigenvalue weighted by molar-refractivity contribution is -0.129. The van der Waals surface area contributed by atoms with Crippen LogP contribution in [0.25, 0.3) is 11.0 Å². The summed E-state index contributed by atoms with van der Waals surface area (Å²) >= 11 is 0. The average molecular weight is 420 g/mol. The van der Waals surface area contributed by atoms with Crippen molar-refractivity contribution in [1.82, 2.24) is 9.80 Å². The summed E-state index contributed by atoms with van der Waals surface area (Å²) in [6.07, 6.45) is 0. The third kappa shape index (κ3) is 3.80. The summed E-state index contributed by atoms with van der Waals surface area (Å²) in [6.45, 7) is 0.932. The van der Waals surface area contributed by atoms with Gasteiger partial charge in [0.1, 0.15) is 11.3 Å². The van der Waals surface area contributed by atoms with Crippen LogP contribution in [0.15, 0.2) is 70.3 Å². The molecule has 160 valence electrons. The van der Waals surface area contributed by atoms with Crippen LogP contribution in [0.4, 0.5) is 0 Å². The second-order valence-electron chi connectivity index (χ2n) is 7.72. The molecule has 0 fully saturated rings. The van der Waals surface area contributed by atoms with E-state index < -0.39 is 23.5 Å². The summed E-state index contributed by atoms with van der Waals surface area (Å²) in [7, 11) is 5.37. The van der Waals surface area contributed by atoms with E-state index in [1.807, 2.05) is 37.2 Å². The predicted octanol–water partition coefficient (Wildman–Crippen LogP) is 3.58. The minimum atomic E-state index is -0.723. The minimum absolute atomic E-state index is 0.0213. The van der Waals surface area contributed by atoms with Gasteiger partial charge in [-0.05, 0) is 43.9 Å². The van der Waals surface area contributed by atoms with Crippen molar-refractivity contribution in [1.29, 1.82) is 0 Å². The summed E-state index contributed by atoms with van der Waals surface area (Å²) < 4.78 is 11.0. The highest BCUT2D eigenvalue weighted by atomic mass is 16.5. The van der Waals surface area contributed by atoms with Crippen LogP contribution in [0.3, 0.4) is 0 Å². The molecule has 2 heterocycles. The summed E-state index contributed by atoms with van der Waals surface area (Å²) in [5, 5.41) is 11.5. The molecule has 1 aliphatic rings. The van der Waals surface area contributed by atoms with Gasteiger partial charge in [0.25, 0.3) is 5.91 Å². The van der Waals surface area contributed by atoms with Crippen molar-refractivity contribution in [3.8, 4) is 5.75 Å². The third-order valence-corrected chi connectivity index (χ3v) is 5.42. The quantitative estimate of drug-likeness (QED) is 0.589. The fourth-order valence-corrected chi connectivity index (χ4v) is 3.78. The molecule has 1 N–H and O–H groups in total. The zero-order valence-electron chi connectivity index (χ0n) is 17.7. The van der Waals surface area contributed by atoms with Crippen molar-refractivity contribution in [3.63, 3.8) is 0 Å². The van der Waals surface area contributed by atoms with E-state index in [1.54, 1.807) is 43.5 Å². The first-order valence-corrected chi connectivity index (χ1v) is 9.96. The van der Waals surface area contributed by atoms with Crippen molar-refractivity contribution in [3.05, 3.63) is 77.3 Å². The van der Waals surface area contributed by atoms with Crippen LogP contribution < -0.4 is 4.74 Å². The molecule has 1 atom stereocenters. The second-order valence-corrected chi connectivity index (χ2v) is 7.72. The van der Waals surface area contributed by atoms with Gasteiger partial charge in [-0.1, -0.05) is 30.3 Å². The fourth-order valence-electron chi connectivity index (χ4n) is 3.78. The van der Waals surface area contributed by atoms with Gasteiger partial charge in [-0.2, -0.15) is 0 Å². The van der Waals surface area contributed by atoms with Crippen LogP contribution in [-0.4, -0.2) is 60.9 Å². The zero-order valence-corrected chi connectivity index (χ0v) is 17.7. The first kappa shape index (κ1) is 20.7. The first-order valence-electron chi connectivity index (χ1n) is 9.96. The number of fused-ring (bicyclic) bond motifs is 1. The standard InChI is InChI=1S/C24H24N2O5/c1-25(2)12-13-26-21(15-8-10-17(30-3)11-9-15)20(23(28)24(26)29)22(27)19-14-16-6-4-5-7-18(16)31-19/h4-11,14,21,28H,12-13H2,1-3H3/t21-/m0/s1. The molecule has 0 aliphatic carbocycles. The molecular weight excluding hydrogens is 396 g/mol. The molecule has 0 radical (unpaired) electrons. The highest BCUT2D eigenvalue weighted by Gasteiger charge is 2.44. The Balaban J connectivity index is 1.77. The van der Waals surface area contributed by atoms with E-state index in [0.29, 0.717) is 30.0 Å². The molecule has 0 unspecified atom stereocenters. The van der Waals surface area contributed by atoms with Crippen LogP contribution in [0.2, 0.25) is 0 Å². The summed E-state index contributed by atoms with van der Waals surface area (Å²) in [4.78, 5) is 29.8. The molecule has 0 saturated carbocycles. The van der Waals surface area contributed by atoms with Crippen LogP contribution in [0.5, 0.6) is 5.75 Å². The van der Waals surface area contributed by atoms with E-state index in [0.717, 1.165) is 5.39 Å². The first-order chi connectivity index (χ1) is 14.9. The number of likely N-dealkylation sites (N-methyl/N-ethyl adjacent to an activating group) is 1. The molecule has 4 rings (SSSR count). The molecule has 7 nitrogen and oxygen atoms in total. The van der Waals surface area contributed by atoms with E-state index in [4.69, 9.17) is 9.15 Å². The normalized spacial score (nSPS) is 16.6. The number of para-hydroxylation sites is 1. The number of methoxy groups -OCH3 is 1. The summed E-state index contributed by atoms with van der Waals surface area (Å²) in [5.41, 5.74) is 1.30. The Morgan fingerprint density at radius 3 is 2.52 bits per heavy atom. The number of hydrogen-bond donors (Lipinski definition) is 1. The zero-order chi connectivity index (χ0) is 22.1. The monoisotopic (exact) mass is 420 g/mol. The van der Waals surface area contributed by atoms with E-state index in [2.05, 4.69) is 0 Å². The molecule has 3 aromatic rings. The Labute approximate surface area is 180 Å². The van der Waals surface area contributed by atoms with Crippen molar-refractivity contribution in [2.24, 2.45) is 0 Å². The maximum absolute atomic E-state index is 13.4. The average Bonchev–Trinajstić information content (AvgIpc) is 3.31. The maximum Gasteiger partial charge on any atom is 0.290 e. The topological polar surface area (TPSA) is 83.2 Å². The molecule has 31 heavy (non-hydrogen) atoms. The molecule has 7 heteroatoms. The fraction of sp³-hybridized carbons (Fsp3) is 0.250. The number of rotatable bonds is 7. The maximum atomic E-state index is 13.4. The van der Waals surface area contributed by atoms with Crippen LogP contribution in [-0.2, 0) is 4.79 Å². The molecule has 0 bridgehead atoms. The smallest absolute Gasteiger partial charge is 0.290 e. The minimum Gasteiger partial charge on any atom is -0.503 e. The third-order valence-electron chi connectivity index (χ3n) is 5.42. The van der Waals surface area contributed by atoms with E-state index in [-0.39, 0.29) is 11.3 Å². The van der Waals surface area contributed by atoms with Crippen molar-refractivity contribution in [2.75, 3.05) is 34.3 Å². The van der Waals surface area contributed by atoms with Gasteiger partial charge in [-0.3, -0.25) is 9.59 Å². The van der Waals surface area contributed by atoms with Gasteiger partial charge >= 0.3 is 0 Å². The van der Waals surface area contributed by atoms with Crippen LogP contribution >= 0.6 is 0 Å². The number of ether oxygens (including phenoxy) is 1. The molecule has 1 amide bonds. The number of amides is 1. The lowest BCUT2D eigenvalue weighted by Gasteiger charge is -2.28. The van der Waals surface area contributed by atoms with Crippen molar-refractivity contribution >= 4 is 22.7 Å². The molecule has 1 aromatic heterocycles. The van der Waals surface area contributed by atoms with E-state index in [1.165, 1.54) is 4.90 Å². The van der Waals surface area contributed by atoms with Crippen LogP contribution in [0, 0.1) is 0 Å². The van der Waals surface area contributed by atoms with Crippen molar-refractivity contribution < 1.29 is 23.8 Å². The molecular formula is C24H24N2O5. The Hall–Kier alpha value is -3.58. The Kier molecular flexibility index (Phi) is 5.52. The number of carbonyl (C=O) groups is 2. The number of ketones is 1. The van der Waals surface area contributed by atoms with Gasteiger partial charge in [0.05, 0.1) is 18.7 Å². The Bertz CT molecular complexity index is 1130. The number of hydrogen-bond acceptors (Lipinski definition) is 6. The Morgan fingerprint density at radius 1 is 1.16 bits per heavy atom. The molecule has 1 aliphatic heterocycles. The SMILES string of the molecule is COc1ccc([C@H]2C(C(=O)c3cc4ccccc4o3)=C(O)C(=O)N2CCN(C)C)cc1. The summed E-state index contributed by atoms with van der Waals surface area (Å²) in [6, 6.07) is 15.3. The van der Waals surface area contributed by atoms with Gasteiger partial charge in [-0.25, -0.2) is 0 Å². The van der Waals surface area contributed by atoms with Gasteiger partial charge in [0.15, 0.2) is 11.5 Å². The number of carbonyl (C=O) groups excluding carboxylic acids is 2. The number of aliphatic hydroxyl groups excluding tert-OH is 1. The lowest BCUT2D eigenvalue weighted by Crippen LogP contribution is -2.36. The summed E-state index contributed by atoms with van der Waals surface area (Å²) in [5.74, 6) is -0.864. The van der Waals surface area contributed by atoms with E-state index in [9.17, 15) is 14.7 Å². The number of benzene rings is 2. The second kappa shape index (κ2) is 8.28. The number of Topliss-reactive ketones (excluding diaryl/α,β-unsaturated/α-hetero) is 1. The van der Waals surface area contributed by atoms with Crippen LogP contribution in [0.1, 0.15) is 22.2 Å². The number of nitrogens with zero attached hydrogens (tertiary/aromatic N) is 2. The molecule has 0 spiro atoms. The van der Waals surface area contributed by atoms with Crippen molar-refractivity contribution in [2.45, 2.75) is 6.04 Å². The number of furan rings is 1. The van der Waals surface area contributed by atoms with E-state index >= 15 is 0 Å². The highest BCUT2D eigenvalue weighted by Crippen LogP contribution is 2.39. The highest BCUT2D eigenvalue weighted by molar-refractivity contribution is 6.16. The van der Waals surface area contributed by atoms with Gasteiger partial charge in [-0.15, -0.1) is 0 Å².